The maximum Gasteiger partial charge on any atom is 0.387 e. The molecule has 7 heteroatoms. The Morgan fingerprint density at radius 3 is 2.73 bits per heavy atom. The highest BCUT2D eigenvalue weighted by Crippen LogP contribution is 2.18. The number of carbonyl (C=O) groups is 1. The van der Waals surface area contributed by atoms with E-state index in [0.717, 1.165) is 0 Å². The first-order valence-electron chi connectivity index (χ1n) is 6.99. The number of carbonyl (C=O) groups excluding carboxylic acids is 1. The third kappa shape index (κ3) is 7.21. The Morgan fingerprint density at radius 2 is 2.09 bits per heavy atom. The van der Waals surface area contributed by atoms with E-state index in [4.69, 9.17) is 5.11 Å². The van der Waals surface area contributed by atoms with Crippen LogP contribution in [0.15, 0.2) is 24.3 Å². The van der Waals surface area contributed by atoms with Gasteiger partial charge in [0.25, 0.3) is 0 Å². The summed E-state index contributed by atoms with van der Waals surface area (Å²) in [4.78, 5) is 11.7. The van der Waals surface area contributed by atoms with Crippen LogP contribution in [-0.2, 0) is 6.54 Å². The normalized spacial score (nSPS) is 11.4. The molecule has 3 N–H and O–H groups in total. The number of hydrogen-bond donors (Lipinski definition) is 3. The molecular formula is C15H22F2N2O3. The molecule has 0 aliphatic rings. The number of aliphatic hydroxyl groups excluding tert-OH is 1. The van der Waals surface area contributed by atoms with E-state index in [1.165, 1.54) is 12.1 Å². The number of amides is 2. The van der Waals surface area contributed by atoms with E-state index in [1.54, 1.807) is 12.1 Å². The van der Waals surface area contributed by atoms with Crippen LogP contribution in [0, 0.1) is 5.41 Å². The van der Waals surface area contributed by atoms with Crippen molar-refractivity contribution >= 4 is 6.03 Å². The zero-order valence-corrected chi connectivity index (χ0v) is 12.7. The summed E-state index contributed by atoms with van der Waals surface area (Å²) in [6.45, 7) is 1.69. The van der Waals surface area contributed by atoms with Gasteiger partial charge in [0.05, 0.1) is 0 Å². The number of alkyl halides is 2. The summed E-state index contributed by atoms with van der Waals surface area (Å²) < 4.78 is 28.5. The molecule has 0 aliphatic heterocycles. The number of benzene rings is 1. The van der Waals surface area contributed by atoms with E-state index in [9.17, 15) is 13.6 Å². The molecular weight excluding hydrogens is 294 g/mol. The van der Waals surface area contributed by atoms with Crippen molar-refractivity contribution in [2.45, 2.75) is 33.4 Å². The van der Waals surface area contributed by atoms with Gasteiger partial charge in [0.2, 0.25) is 0 Å². The highest BCUT2D eigenvalue weighted by Gasteiger charge is 2.17. The molecule has 0 bridgehead atoms. The Bertz CT molecular complexity index is 482. The minimum Gasteiger partial charge on any atom is -0.435 e. The summed E-state index contributed by atoms with van der Waals surface area (Å²) in [5, 5.41) is 14.3. The van der Waals surface area contributed by atoms with Gasteiger partial charge < -0.3 is 20.5 Å². The number of urea groups is 1. The quantitative estimate of drug-likeness (QED) is 0.690. The van der Waals surface area contributed by atoms with Gasteiger partial charge in [0.1, 0.15) is 5.75 Å². The third-order valence-electron chi connectivity index (χ3n) is 3.09. The van der Waals surface area contributed by atoms with E-state index < -0.39 is 6.61 Å². The Morgan fingerprint density at radius 1 is 1.36 bits per heavy atom. The maximum atomic E-state index is 12.1. The summed E-state index contributed by atoms with van der Waals surface area (Å²) in [7, 11) is 0. The van der Waals surface area contributed by atoms with E-state index >= 15 is 0 Å². The van der Waals surface area contributed by atoms with Crippen LogP contribution in [0.5, 0.6) is 5.75 Å². The molecule has 0 saturated heterocycles. The Balaban J connectivity index is 2.41. The molecule has 0 spiro atoms. The van der Waals surface area contributed by atoms with Crippen LogP contribution in [0.4, 0.5) is 13.6 Å². The van der Waals surface area contributed by atoms with Crippen molar-refractivity contribution in [3.8, 4) is 5.75 Å². The molecule has 1 rings (SSSR count). The Kier molecular flexibility index (Phi) is 7.04. The molecule has 1 aromatic carbocycles. The van der Waals surface area contributed by atoms with Crippen molar-refractivity contribution in [2.75, 3.05) is 13.2 Å². The Labute approximate surface area is 128 Å². The van der Waals surface area contributed by atoms with Crippen molar-refractivity contribution in [2.24, 2.45) is 5.41 Å². The van der Waals surface area contributed by atoms with E-state index in [0.29, 0.717) is 18.5 Å². The van der Waals surface area contributed by atoms with Gasteiger partial charge in [0.15, 0.2) is 0 Å². The SMILES string of the molecule is CC(C)(CCO)CNC(=O)NCc1cccc(OC(F)F)c1. The number of nitrogens with one attached hydrogen (secondary N) is 2. The van der Waals surface area contributed by atoms with Crippen molar-refractivity contribution in [3.05, 3.63) is 29.8 Å². The smallest absolute Gasteiger partial charge is 0.387 e. The second kappa shape index (κ2) is 8.53. The molecule has 22 heavy (non-hydrogen) atoms. The maximum absolute atomic E-state index is 12.1. The summed E-state index contributed by atoms with van der Waals surface area (Å²) >= 11 is 0. The van der Waals surface area contributed by atoms with Gasteiger partial charge in [-0.05, 0) is 29.5 Å². The van der Waals surface area contributed by atoms with E-state index in [1.807, 2.05) is 13.8 Å². The van der Waals surface area contributed by atoms with Crippen LogP contribution in [0.3, 0.4) is 0 Å². The number of halogens is 2. The first-order valence-corrected chi connectivity index (χ1v) is 6.99. The first-order chi connectivity index (χ1) is 10.3. The molecule has 0 saturated carbocycles. The van der Waals surface area contributed by atoms with E-state index in [2.05, 4.69) is 15.4 Å². The molecule has 0 fully saturated rings. The number of aliphatic hydroxyl groups is 1. The van der Waals surface area contributed by atoms with Crippen molar-refractivity contribution in [1.29, 1.82) is 0 Å². The van der Waals surface area contributed by atoms with Gasteiger partial charge in [-0.1, -0.05) is 26.0 Å². The molecule has 5 nitrogen and oxygen atoms in total. The Hall–Kier alpha value is -1.89. The van der Waals surface area contributed by atoms with Gasteiger partial charge in [-0.3, -0.25) is 0 Å². The highest BCUT2D eigenvalue weighted by molar-refractivity contribution is 5.73. The summed E-state index contributed by atoms with van der Waals surface area (Å²) in [5.74, 6) is 0.0544. The van der Waals surface area contributed by atoms with Crippen LogP contribution in [-0.4, -0.2) is 30.9 Å². The average Bonchev–Trinajstić information content (AvgIpc) is 2.43. The monoisotopic (exact) mass is 316 g/mol. The summed E-state index contributed by atoms with van der Waals surface area (Å²) in [6.07, 6.45) is 0.584. The topological polar surface area (TPSA) is 70.6 Å². The molecule has 0 atom stereocenters. The zero-order chi connectivity index (χ0) is 16.6. The lowest BCUT2D eigenvalue weighted by Gasteiger charge is -2.23. The molecule has 0 unspecified atom stereocenters. The average molecular weight is 316 g/mol. The van der Waals surface area contributed by atoms with Gasteiger partial charge in [-0.2, -0.15) is 8.78 Å². The number of hydrogen-bond acceptors (Lipinski definition) is 3. The molecule has 2 amide bonds. The van der Waals surface area contributed by atoms with E-state index in [-0.39, 0.29) is 30.3 Å². The predicted molar refractivity (Wildman–Crippen MR) is 78.8 cm³/mol. The van der Waals surface area contributed by atoms with Crippen LogP contribution < -0.4 is 15.4 Å². The molecule has 0 aromatic heterocycles. The lowest BCUT2D eigenvalue weighted by atomic mass is 9.90. The van der Waals surface area contributed by atoms with Gasteiger partial charge in [-0.15, -0.1) is 0 Å². The molecule has 0 aliphatic carbocycles. The van der Waals surface area contributed by atoms with Gasteiger partial charge in [0, 0.05) is 19.7 Å². The fourth-order valence-electron chi connectivity index (χ4n) is 1.79. The molecule has 1 aromatic rings. The fraction of sp³-hybridized carbons (Fsp3) is 0.533. The minimum absolute atomic E-state index is 0.0544. The largest absolute Gasteiger partial charge is 0.435 e. The fourth-order valence-corrected chi connectivity index (χ4v) is 1.79. The zero-order valence-electron chi connectivity index (χ0n) is 12.7. The van der Waals surface area contributed by atoms with Crippen LogP contribution in [0.1, 0.15) is 25.8 Å². The van der Waals surface area contributed by atoms with Crippen LogP contribution in [0.25, 0.3) is 0 Å². The van der Waals surface area contributed by atoms with Gasteiger partial charge >= 0.3 is 12.6 Å². The van der Waals surface area contributed by atoms with Crippen molar-refractivity contribution in [1.82, 2.24) is 10.6 Å². The third-order valence-corrected chi connectivity index (χ3v) is 3.09. The molecule has 0 radical (unpaired) electrons. The second-order valence-electron chi connectivity index (χ2n) is 5.70. The molecule has 0 heterocycles. The van der Waals surface area contributed by atoms with Gasteiger partial charge in [-0.25, -0.2) is 4.79 Å². The summed E-state index contributed by atoms with van der Waals surface area (Å²) in [6, 6.07) is 5.80. The second-order valence-corrected chi connectivity index (χ2v) is 5.70. The summed E-state index contributed by atoms with van der Waals surface area (Å²) in [5.41, 5.74) is 0.458. The number of rotatable bonds is 8. The molecule has 124 valence electrons. The predicted octanol–water partition coefficient (Wildman–Crippen LogP) is 2.50. The van der Waals surface area contributed by atoms with Crippen molar-refractivity contribution < 1.29 is 23.4 Å². The lowest BCUT2D eigenvalue weighted by Crippen LogP contribution is -2.40. The minimum atomic E-state index is -2.87. The van der Waals surface area contributed by atoms with Crippen LogP contribution in [0.2, 0.25) is 0 Å². The standard InChI is InChI=1S/C15H22F2N2O3/c1-15(2,6-7-20)10-19-14(21)18-9-11-4-3-5-12(8-11)22-13(16)17/h3-5,8,13,20H,6-7,9-10H2,1-2H3,(H2,18,19,21). The highest BCUT2D eigenvalue weighted by atomic mass is 19.3. The van der Waals surface area contributed by atoms with Crippen molar-refractivity contribution in [3.63, 3.8) is 0 Å². The first kappa shape index (κ1) is 18.2. The number of ether oxygens (including phenoxy) is 1. The van der Waals surface area contributed by atoms with Crippen LogP contribution >= 0.6 is 0 Å². The lowest BCUT2D eigenvalue weighted by molar-refractivity contribution is -0.0498.